The van der Waals surface area contributed by atoms with E-state index in [1.165, 1.54) is 0 Å². The number of carbonyl (C=O) groups excluding carboxylic acids is 1. The van der Waals surface area contributed by atoms with E-state index in [1.54, 1.807) is 33.5 Å². The number of H-pyrrole nitrogens is 1. The van der Waals surface area contributed by atoms with Crippen LogP contribution in [0.5, 0.6) is 23.0 Å². The molecule has 0 aliphatic heterocycles. The number of carbonyl (C=O) groups is 1. The lowest BCUT2D eigenvalue weighted by Crippen LogP contribution is -2.34. The van der Waals surface area contributed by atoms with Crippen molar-refractivity contribution in [1.82, 2.24) is 9.55 Å². The van der Waals surface area contributed by atoms with Gasteiger partial charge in [-0.2, -0.15) is 4.39 Å². The molecule has 11 heteroatoms. The van der Waals surface area contributed by atoms with E-state index in [9.17, 15) is 18.8 Å². The molecule has 1 aromatic heterocycles. The Labute approximate surface area is 206 Å². The fourth-order valence-corrected chi connectivity index (χ4v) is 3.62. The lowest BCUT2D eigenvalue weighted by molar-refractivity contribution is -0.116. The van der Waals surface area contributed by atoms with Crippen LogP contribution in [-0.4, -0.2) is 43.4 Å². The molecule has 1 heterocycles. The van der Waals surface area contributed by atoms with Gasteiger partial charge in [-0.25, -0.2) is 4.79 Å². The monoisotopic (exact) mass is 501 g/mol. The van der Waals surface area contributed by atoms with Crippen LogP contribution < -0.4 is 35.5 Å². The quantitative estimate of drug-likeness (QED) is 0.414. The number of amides is 1. The molecule has 0 spiro atoms. The zero-order chi connectivity index (χ0) is 26.2. The predicted octanol–water partition coefficient (Wildman–Crippen LogP) is 2.52. The van der Waals surface area contributed by atoms with Gasteiger partial charge in [0.2, 0.25) is 17.5 Å². The molecule has 3 rings (SSSR count). The highest BCUT2D eigenvalue weighted by atomic mass is 19.1. The third-order valence-electron chi connectivity index (χ3n) is 5.33. The molecule has 0 saturated carbocycles. The molecular formula is C25H28FN3O7. The largest absolute Gasteiger partial charge is 0.493 e. The molecule has 10 nitrogen and oxygen atoms in total. The zero-order valence-electron chi connectivity index (χ0n) is 20.5. The van der Waals surface area contributed by atoms with E-state index in [4.69, 9.17) is 18.9 Å². The number of halogens is 1. The number of rotatable bonds is 11. The molecule has 2 N–H and O–H groups in total. The summed E-state index contributed by atoms with van der Waals surface area (Å²) in [6.07, 6.45) is 1.96. The van der Waals surface area contributed by atoms with Gasteiger partial charge < -0.3 is 24.3 Å². The smallest absolute Gasteiger partial charge is 0.328 e. The van der Waals surface area contributed by atoms with Crippen LogP contribution in [0.1, 0.15) is 18.1 Å². The van der Waals surface area contributed by atoms with E-state index in [-0.39, 0.29) is 0 Å². The summed E-state index contributed by atoms with van der Waals surface area (Å²) >= 11 is 0. The first-order valence-electron chi connectivity index (χ1n) is 11.1. The molecule has 0 saturated heterocycles. The highest BCUT2D eigenvalue weighted by molar-refractivity contribution is 5.92. The van der Waals surface area contributed by atoms with E-state index in [0.29, 0.717) is 54.3 Å². The minimum absolute atomic E-state index is 0.373. The van der Waals surface area contributed by atoms with Gasteiger partial charge in [-0.15, -0.1) is 0 Å². The zero-order valence-corrected chi connectivity index (χ0v) is 20.5. The second kappa shape index (κ2) is 11.9. The summed E-state index contributed by atoms with van der Waals surface area (Å²) in [5.74, 6) is 0.317. The predicted molar refractivity (Wildman–Crippen MR) is 131 cm³/mol. The van der Waals surface area contributed by atoms with Crippen LogP contribution in [0.3, 0.4) is 0 Å². The Hall–Kier alpha value is -4.28. The summed E-state index contributed by atoms with van der Waals surface area (Å²) in [5, 5.41) is 2.70. The number of aromatic amines is 1. The van der Waals surface area contributed by atoms with Gasteiger partial charge in [0.25, 0.3) is 5.56 Å². The Kier molecular flexibility index (Phi) is 8.71. The summed E-state index contributed by atoms with van der Waals surface area (Å²) in [6.45, 7) is 1.69. The fraction of sp³-hybridized carbons (Fsp3) is 0.320. The maximum absolute atomic E-state index is 13.5. The molecule has 0 aliphatic rings. The van der Waals surface area contributed by atoms with Crippen LogP contribution in [0.15, 0.2) is 46.1 Å². The van der Waals surface area contributed by atoms with Crippen LogP contribution in [0.25, 0.3) is 0 Å². The molecule has 3 aromatic rings. The van der Waals surface area contributed by atoms with Crippen LogP contribution in [0.4, 0.5) is 10.1 Å². The van der Waals surface area contributed by atoms with Gasteiger partial charge in [0.1, 0.15) is 12.3 Å². The number of aryl methyl sites for hydroxylation is 2. The maximum atomic E-state index is 13.5. The summed E-state index contributed by atoms with van der Waals surface area (Å²) < 4.78 is 36.1. The number of aromatic nitrogens is 2. The van der Waals surface area contributed by atoms with E-state index < -0.39 is 29.5 Å². The van der Waals surface area contributed by atoms with Crippen molar-refractivity contribution >= 4 is 11.6 Å². The number of anilines is 1. The molecule has 0 unspecified atom stereocenters. The number of nitrogens with one attached hydrogen (secondary N) is 2. The SMILES string of the molecule is CCOc1ccc(CCc2cc(OC)c(OC)c(OC)c2)cc1NC(=O)Cn1cc(F)c(=O)[nH]c1=O. The van der Waals surface area contributed by atoms with Crippen LogP contribution in [0, 0.1) is 5.82 Å². The molecule has 192 valence electrons. The Bertz CT molecular complexity index is 1330. The third-order valence-corrected chi connectivity index (χ3v) is 5.33. The van der Waals surface area contributed by atoms with Crippen LogP contribution in [0.2, 0.25) is 0 Å². The Morgan fingerprint density at radius 3 is 2.25 bits per heavy atom. The number of hydrogen-bond acceptors (Lipinski definition) is 7. The van der Waals surface area contributed by atoms with Gasteiger partial charge in [0.15, 0.2) is 11.5 Å². The molecule has 2 aromatic carbocycles. The van der Waals surface area contributed by atoms with E-state index in [0.717, 1.165) is 15.7 Å². The summed E-state index contributed by atoms with van der Waals surface area (Å²) in [7, 11) is 4.65. The van der Waals surface area contributed by atoms with E-state index >= 15 is 0 Å². The average molecular weight is 502 g/mol. The van der Waals surface area contributed by atoms with Gasteiger partial charge in [-0.05, 0) is 55.2 Å². The lowest BCUT2D eigenvalue weighted by Gasteiger charge is -2.15. The summed E-state index contributed by atoms with van der Waals surface area (Å²) in [4.78, 5) is 37.5. The molecule has 0 radical (unpaired) electrons. The minimum Gasteiger partial charge on any atom is -0.493 e. The third kappa shape index (κ3) is 6.23. The van der Waals surface area contributed by atoms with Crippen molar-refractivity contribution in [3.8, 4) is 23.0 Å². The van der Waals surface area contributed by atoms with Gasteiger partial charge in [0, 0.05) is 0 Å². The molecule has 36 heavy (non-hydrogen) atoms. The van der Waals surface area contributed by atoms with Gasteiger partial charge in [-0.3, -0.25) is 19.1 Å². The first-order chi connectivity index (χ1) is 17.3. The van der Waals surface area contributed by atoms with E-state index in [2.05, 4.69) is 5.32 Å². The van der Waals surface area contributed by atoms with Crippen molar-refractivity contribution in [3.63, 3.8) is 0 Å². The van der Waals surface area contributed by atoms with Crippen LogP contribution in [-0.2, 0) is 24.2 Å². The molecule has 0 fully saturated rings. The van der Waals surface area contributed by atoms with Crippen molar-refractivity contribution in [2.45, 2.75) is 26.3 Å². The van der Waals surface area contributed by atoms with Crippen molar-refractivity contribution in [2.24, 2.45) is 0 Å². The Morgan fingerprint density at radius 1 is 0.972 bits per heavy atom. The second-order valence-electron chi connectivity index (χ2n) is 7.71. The molecular weight excluding hydrogens is 473 g/mol. The number of nitrogens with zero attached hydrogens (tertiary/aromatic N) is 1. The van der Waals surface area contributed by atoms with Crippen molar-refractivity contribution in [1.29, 1.82) is 0 Å². The molecule has 1 amide bonds. The van der Waals surface area contributed by atoms with Crippen LogP contribution >= 0.6 is 0 Å². The normalized spacial score (nSPS) is 10.6. The van der Waals surface area contributed by atoms with Crippen molar-refractivity contribution in [3.05, 3.63) is 74.3 Å². The lowest BCUT2D eigenvalue weighted by atomic mass is 10.0. The number of hydrogen-bond donors (Lipinski definition) is 2. The average Bonchev–Trinajstić information content (AvgIpc) is 2.86. The van der Waals surface area contributed by atoms with Gasteiger partial charge >= 0.3 is 5.69 Å². The van der Waals surface area contributed by atoms with E-state index in [1.807, 2.05) is 30.1 Å². The summed E-state index contributed by atoms with van der Waals surface area (Å²) in [6, 6.07) is 9.16. The summed E-state index contributed by atoms with van der Waals surface area (Å²) in [5.41, 5.74) is 0.246. The first-order valence-corrected chi connectivity index (χ1v) is 11.1. The number of methoxy groups -OCH3 is 3. The first kappa shape index (κ1) is 26.3. The molecule has 0 aliphatic carbocycles. The Balaban J connectivity index is 1.79. The molecule has 0 atom stereocenters. The Morgan fingerprint density at radius 2 is 1.64 bits per heavy atom. The van der Waals surface area contributed by atoms with Gasteiger partial charge in [-0.1, -0.05) is 6.07 Å². The topological polar surface area (TPSA) is 121 Å². The highest BCUT2D eigenvalue weighted by Crippen LogP contribution is 2.38. The maximum Gasteiger partial charge on any atom is 0.328 e. The fourth-order valence-electron chi connectivity index (χ4n) is 3.62. The van der Waals surface area contributed by atoms with Gasteiger partial charge in [0.05, 0.1) is 39.8 Å². The standard InChI is InChI=1S/C25H28FN3O7/c1-5-36-19-9-8-15(6-7-16-11-20(33-2)23(35-4)21(12-16)34-3)10-18(19)27-22(30)14-29-13-17(26)24(31)28-25(29)32/h8-13H,5-7,14H2,1-4H3,(H,27,30)(H,28,31,32). The van der Waals surface area contributed by atoms with Crippen molar-refractivity contribution < 1.29 is 28.1 Å². The molecule has 0 bridgehead atoms. The second-order valence-corrected chi connectivity index (χ2v) is 7.71. The number of benzene rings is 2. The minimum atomic E-state index is -1.16. The van der Waals surface area contributed by atoms with Crippen molar-refractivity contribution in [2.75, 3.05) is 33.3 Å². The highest BCUT2D eigenvalue weighted by Gasteiger charge is 2.15. The number of ether oxygens (including phenoxy) is 4.